The summed E-state index contributed by atoms with van der Waals surface area (Å²) in [6.07, 6.45) is 3.87. The summed E-state index contributed by atoms with van der Waals surface area (Å²) < 4.78 is 4.82. The molecule has 0 radical (unpaired) electrons. The number of benzene rings is 3. The molecule has 35 heavy (non-hydrogen) atoms. The number of rotatable bonds is 6. The van der Waals surface area contributed by atoms with E-state index in [1.807, 2.05) is 48.5 Å². The number of amides is 1. The van der Waals surface area contributed by atoms with E-state index in [2.05, 4.69) is 22.3 Å². The first-order valence-electron chi connectivity index (χ1n) is 12.1. The van der Waals surface area contributed by atoms with E-state index in [0.717, 1.165) is 36.4 Å². The molecule has 1 fully saturated rings. The topological polar surface area (TPSA) is 71.0 Å². The molecule has 1 N–H and O–H groups in total. The van der Waals surface area contributed by atoms with E-state index >= 15 is 0 Å². The maximum atomic E-state index is 13.1. The number of hydrogen-bond acceptors (Lipinski definition) is 5. The van der Waals surface area contributed by atoms with Crippen molar-refractivity contribution in [2.45, 2.75) is 31.7 Å². The van der Waals surface area contributed by atoms with Crippen molar-refractivity contribution >= 4 is 29.0 Å². The lowest BCUT2D eigenvalue weighted by atomic mass is 9.90. The van der Waals surface area contributed by atoms with Crippen LogP contribution in [-0.4, -0.2) is 42.7 Å². The van der Waals surface area contributed by atoms with Gasteiger partial charge in [0, 0.05) is 12.2 Å². The number of hydrogen-bond donors (Lipinski definition) is 1. The van der Waals surface area contributed by atoms with E-state index in [4.69, 9.17) is 9.73 Å². The number of esters is 1. The van der Waals surface area contributed by atoms with Crippen LogP contribution >= 0.6 is 0 Å². The zero-order valence-electron chi connectivity index (χ0n) is 19.9. The molecule has 2 aliphatic rings. The molecule has 1 unspecified atom stereocenters. The van der Waals surface area contributed by atoms with Crippen LogP contribution in [0.3, 0.4) is 0 Å². The van der Waals surface area contributed by atoms with Gasteiger partial charge in [0.05, 0.1) is 24.1 Å². The maximum Gasteiger partial charge on any atom is 0.337 e. The fourth-order valence-corrected chi connectivity index (χ4v) is 4.87. The fraction of sp³-hybridized carbons (Fsp3) is 0.276. The third-order valence-electron chi connectivity index (χ3n) is 6.69. The number of aliphatic imine (C=N–C) groups is 1. The predicted molar refractivity (Wildman–Crippen MR) is 137 cm³/mol. The number of carbonyl (C=O) groups excluding carboxylic acids is 2. The van der Waals surface area contributed by atoms with Gasteiger partial charge in [-0.25, -0.2) is 4.79 Å². The Labute approximate surface area is 205 Å². The maximum absolute atomic E-state index is 13.1. The molecule has 6 nitrogen and oxygen atoms in total. The van der Waals surface area contributed by atoms with Gasteiger partial charge in [0.15, 0.2) is 0 Å². The molecule has 0 aliphatic carbocycles. The Balaban J connectivity index is 1.47. The van der Waals surface area contributed by atoms with Crippen molar-refractivity contribution in [1.29, 1.82) is 0 Å². The number of fused-ring (bicyclic) bond motifs is 1. The van der Waals surface area contributed by atoms with Gasteiger partial charge in [-0.05, 0) is 66.9 Å². The van der Waals surface area contributed by atoms with Gasteiger partial charge in [0.25, 0.3) is 0 Å². The van der Waals surface area contributed by atoms with Crippen molar-refractivity contribution in [2.24, 2.45) is 4.99 Å². The summed E-state index contributed by atoms with van der Waals surface area (Å²) in [5.41, 5.74) is 5.45. The number of nitrogens with zero attached hydrogens (tertiary/aromatic N) is 2. The van der Waals surface area contributed by atoms with E-state index in [1.54, 1.807) is 12.1 Å². The van der Waals surface area contributed by atoms with Crippen LogP contribution in [0.4, 0.5) is 11.4 Å². The number of ether oxygens (including phenoxy) is 1. The highest BCUT2D eigenvalue weighted by atomic mass is 16.5. The first-order valence-corrected chi connectivity index (χ1v) is 12.1. The third-order valence-corrected chi connectivity index (χ3v) is 6.69. The largest absolute Gasteiger partial charge is 0.465 e. The predicted octanol–water partition coefficient (Wildman–Crippen LogP) is 5.32. The first kappa shape index (κ1) is 23.0. The lowest BCUT2D eigenvalue weighted by Gasteiger charge is -2.26. The minimum absolute atomic E-state index is 0.161. The molecule has 6 heteroatoms. The summed E-state index contributed by atoms with van der Waals surface area (Å²) in [6, 6.07) is 23.2. The molecule has 178 valence electrons. The van der Waals surface area contributed by atoms with Gasteiger partial charge in [-0.1, -0.05) is 55.0 Å². The second-order valence-electron chi connectivity index (χ2n) is 9.08. The summed E-state index contributed by atoms with van der Waals surface area (Å²) in [5.74, 6) is -1.18. The number of piperidine rings is 1. The molecule has 2 aliphatic heterocycles. The van der Waals surface area contributed by atoms with E-state index in [1.165, 1.54) is 31.9 Å². The first-order chi connectivity index (χ1) is 17.1. The number of nitrogens with one attached hydrogen (secondary N) is 1. The summed E-state index contributed by atoms with van der Waals surface area (Å²) in [5, 5.41) is 2.92. The van der Waals surface area contributed by atoms with Crippen LogP contribution < -0.4 is 5.32 Å². The molecule has 0 spiro atoms. The van der Waals surface area contributed by atoms with Crippen LogP contribution in [0.1, 0.15) is 52.2 Å². The highest BCUT2D eigenvalue weighted by Gasteiger charge is 2.36. The van der Waals surface area contributed by atoms with Gasteiger partial charge < -0.3 is 10.1 Å². The van der Waals surface area contributed by atoms with E-state index in [-0.39, 0.29) is 5.91 Å². The van der Waals surface area contributed by atoms with Gasteiger partial charge >= 0.3 is 5.97 Å². The summed E-state index contributed by atoms with van der Waals surface area (Å²) in [7, 11) is 1.34. The molecular weight excluding hydrogens is 438 g/mol. The Hall–Kier alpha value is -3.77. The van der Waals surface area contributed by atoms with Crippen molar-refractivity contribution in [3.8, 4) is 0 Å². The minimum atomic E-state index is -0.577. The zero-order valence-corrected chi connectivity index (χ0v) is 19.9. The fourth-order valence-electron chi connectivity index (χ4n) is 4.87. The Kier molecular flexibility index (Phi) is 6.73. The van der Waals surface area contributed by atoms with Crippen LogP contribution in [0, 0.1) is 0 Å². The molecular formula is C29H29N3O3. The highest BCUT2D eigenvalue weighted by molar-refractivity contribution is 6.24. The quantitative estimate of drug-likeness (QED) is 0.394. The third kappa shape index (κ3) is 5.03. The highest BCUT2D eigenvalue weighted by Crippen LogP contribution is 2.37. The molecule has 5 rings (SSSR count). The van der Waals surface area contributed by atoms with Crippen LogP contribution in [0.15, 0.2) is 77.8 Å². The monoisotopic (exact) mass is 467 g/mol. The van der Waals surface area contributed by atoms with Crippen molar-refractivity contribution in [1.82, 2.24) is 4.90 Å². The Morgan fingerprint density at radius 2 is 1.71 bits per heavy atom. The van der Waals surface area contributed by atoms with Crippen molar-refractivity contribution < 1.29 is 14.3 Å². The molecule has 3 aromatic rings. The summed E-state index contributed by atoms with van der Waals surface area (Å²) in [6.45, 7) is 3.27. The van der Waals surface area contributed by atoms with Gasteiger partial charge in [-0.15, -0.1) is 0 Å². The van der Waals surface area contributed by atoms with Gasteiger partial charge in [-0.2, -0.15) is 0 Å². The SMILES string of the molecule is COC(=O)c1ccc2c(c1)NC(=O)C2C(=Nc1ccc(CN2CCCCC2)cc1)c1ccccc1. The lowest BCUT2D eigenvalue weighted by molar-refractivity contribution is -0.115. The molecule has 2 heterocycles. The number of likely N-dealkylation sites (tertiary alicyclic amines) is 1. The zero-order chi connectivity index (χ0) is 24.2. The lowest BCUT2D eigenvalue weighted by Crippen LogP contribution is -2.28. The van der Waals surface area contributed by atoms with E-state index in [9.17, 15) is 9.59 Å². The molecule has 1 amide bonds. The molecule has 1 atom stereocenters. The number of carbonyl (C=O) groups is 2. The second-order valence-corrected chi connectivity index (χ2v) is 9.08. The van der Waals surface area contributed by atoms with E-state index in [0.29, 0.717) is 17.0 Å². The number of methoxy groups -OCH3 is 1. The average molecular weight is 468 g/mol. The van der Waals surface area contributed by atoms with Crippen LogP contribution in [0.5, 0.6) is 0 Å². The van der Waals surface area contributed by atoms with Crippen molar-refractivity contribution in [3.05, 3.63) is 95.1 Å². The van der Waals surface area contributed by atoms with Crippen LogP contribution in [0.25, 0.3) is 0 Å². The molecule has 0 bridgehead atoms. The molecule has 1 saturated heterocycles. The number of anilines is 1. The molecule has 0 aromatic heterocycles. The minimum Gasteiger partial charge on any atom is -0.465 e. The second kappa shape index (κ2) is 10.2. The van der Waals surface area contributed by atoms with Gasteiger partial charge in [0.1, 0.15) is 5.92 Å². The van der Waals surface area contributed by atoms with Gasteiger partial charge in [0.2, 0.25) is 5.91 Å². The standard InChI is InChI=1S/C29H29N3O3/c1-35-29(34)22-12-15-24-25(18-22)31-28(33)26(24)27(21-8-4-2-5-9-21)30-23-13-10-20(11-14-23)19-32-16-6-3-7-17-32/h2,4-5,8-15,18,26H,3,6-7,16-17,19H2,1H3,(H,31,33). The molecule has 3 aromatic carbocycles. The normalized spacial score (nSPS) is 18.1. The van der Waals surface area contributed by atoms with Crippen molar-refractivity contribution in [3.63, 3.8) is 0 Å². The van der Waals surface area contributed by atoms with Crippen molar-refractivity contribution in [2.75, 3.05) is 25.5 Å². The van der Waals surface area contributed by atoms with Crippen LogP contribution in [-0.2, 0) is 16.1 Å². The Morgan fingerprint density at radius 3 is 2.43 bits per heavy atom. The van der Waals surface area contributed by atoms with E-state index < -0.39 is 11.9 Å². The average Bonchev–Trinajstić information content (AvgIpc) is 3.23. The Bertz CT molecular complexity index is 1250. The van der Waals surface area contributed by atoms with Crippen LogP contribution in [0.2, 0.25) is 0 Å². The molecule has 0 saturated carbocycles. The summed E-state index contributed by atoms with van der Waals surface area (Å²) in [4.78, 5) is 32.6. The Morgan fingerprint density at radius 1 is 0.971 bits per heavy atom. The smallest absolute Gasteiger partial charge is 0.337 e. The van der Waals surface area contributed by atoms with Gasteiger partial charge in [-0.3, -0.25) is 14.7 Å². The summed E-state index contributed by atoms with van der Waals surface area (Å²) >= 11 is 0.